The van der Waals surface area contributed by atoms with Gasteiger partial charge in [-0.25, -0.2) is 0 Å². The number of hydrogen-bond acceptors (Lipinski definition) is 3. The monoisotopic (exact) mass is 250 g/mol. The molecule has 0 fully saturated rings. The molecule has 0 saturated carbocycles. The van der Waals surface area contributed by atoms with Gasteiger partial charge in [0.05, 0.1) is 12.0 Å². The third-order valence-corrected chi connectivity index (χ3v) is 3.12. The van der Waals surface area contributed by atoms with E-state index in [1.54, 1.807) is 19.3 Å². The summed E-state index contributed by atoms with van der Waals surface area (Å²) in [6, 6.07) is 3.47. The molecule has 3 atom stereocenters. The second-order valence-corrected chi connectivity index (χ2v) is 4.43. The smallest absolute Gasteiger partial charge is 0.307 e. The quantitative estimate of drug-likeness (QED) is 0.832. The fourth-order valence-electron chi connectivity index (χ4n) is 1.52. The molecule has 0 aromatic carbocycles. The van der Waals surface area contributed by atoms with Gasteiger partial charge in [0, 0.05) is 18.3 Å². The molecule has 0 radical (unpaired) electrons. The van der Waals surface area contributed by atoms with Gasteiger partial charge in [-0.15, -0.1) is 0 Å². The normalized spacial score (nSPS) is 15.5. The van der Waals surface area contributed by atoms with Crippen LogP contribution in [0.15, 0.2) is 24.5 Å². The number of nitrogens with zero attached hydrogens (tertiary/aromatic N) is 1. The molecule has 0 bridgehead atoms. The average molecular weight is 250 g/mol. The number of hydrogen-bond donors (Lipinski definition) is 2. The predicted molar refractivity (Wildman–Crippen MR) is 66.8 cm³/mol. The van der Waals surface area contributed by atoms with E-state index < -0.39 is 17.8 Å². The van der Waals surface area contributed by atoms with E-state index in [4.69, 9.17) is 5.11 Å². The minimum atomic E-state index is -0.964. The Bertz CT molecular complexity index is 420. The molecule has 0 spiro atoms. The third-order valence-electron chi connectivity index (χ3n) is 3.12. The van der Waals surface area contributed by atoms with Crippen LogP contribution in [-0.4, -0.2) is 22.0 Å². The summed E-state index contributed by atoms with van der Waals surface area (Å²) in [7, 11) is 0. The summed E-state index contributed by atoms with van der Waals surface area (Å²) in [5.41, 5.74) is 0.938. The lowest BCUT2D eigenvalue weighted by atomic mass is 9.95. The van der Waals surface area contributed by atoms with Crippen molar-refractivity contribution in [3.05, 3.63) is 30.1 Å². The van der Waals surface area contributed by atoms with Gasteiger partial charge in [0.2, 0.25) is 5.91 Å². The molecule has 0 saturated heterocycles. The van der Waals surface area contributed by atoms with Crippen molar-refractivity contribution in [3.8, 4) is 0 Å². The fraction of sp³-hybridized carbons (Fsp3) is 0.462. The standard InChI is InChI=1S/C13H18N2O3/c1-8(9(2)13(17)18)12(16)15-10(3)11-4-6-14-7-5-11/h4-10H,1-3H3,(H,15,16)(H,17,18). The van der Waals surface area contributed by atoms with Crippen LogP contribution in [0.2, 0.25) is 0 Å². The first-order chi connectivity index (χ1) is 8.43. The zero-order valence-electron chi connectivity index (χ0n) is 10.8. The summed E-state index contributed by atoms with van der Waals surface area (Å²) < 4.78 is 0. The number of carboxylic acids is 1. The first-order valence-corrected chi connectivity index (χ1v) is 5.86. The highest BCUT2D eigenvalue weighted by Gasteiger charge is 2.26. The van der Waals surface area contributed by atoms with Crippen LogP contribution in [0.25, 0.3) is 0 Å². The third kappa shape index (κ3) is 3.55. The zero-order chi connectivity index (χ0) is 13.7. The molecule has 5 nitrogen and oxygen atoms in total. The summed E-state index contributed by atoms with van der Waals surface area (Å²) in [5.74, 6) is -2.48. The van der Waals surface area contributed by atoms with E-state index in [9.17, 15) is 9.59 Å². The van der Waals surface area contributed by atoms with Crippen LogP contribution in [0.4, 0.5) is 0 Å². The fourth-order valence-corrected chi connectivity index (χ4v) is 1.52. The number of aliphatic carboxylic acids is 1. The van der Waals surface area contributed by atoms with E-state index in [1.807, 2.05) is 19.1 Å². The van der Waals surface area contributed by atoms with E-state index in [-0.39, 0.29) is 11.9 Å². The summed E-state index contributed by atoms with van der Waals surface area (Å²) in [4.78, 5) is 26.6. The van der Waals surface area contributed by atoms with Crippen LogP contribution >= 0.6 is 0 Å². The number of amides is 1. The van der Waals surface area contributed by atoms with Crippen molar-refractivity contribution < 1.29 is 14.7 Å². The maximum absolute atomic E-state index is 11.9. The topological polar surface area (TPSA) is 79.3 Å². The first kappa shape index (κ1) is 14.2. The number of nitrogens with one attached hydrogen (secondary N) is 1. The van der Waals surface area contributed by atoms with Crippen LogP contribution < -0.4 is 5.32 Å². The molecule has 5 heteroatoms. The second kappa shape index (κ2) is 6.14. The number of rotatable bonds is 5. The van der Waals surface area contributed by atoms with Gasteiger partial charge in [-0.05, 0) is 24.6 Å². The number of pyridine rings is 1. The van der Waals surface area contributed by atoms with Crippen molar-refractivity contribution in [1.82, 2.24) is 10.3 Å². The molecule has 1 aromatic rings. The molecule has 3 unspecified atom stereocenters. The van der Waals surface area contributed by atoms with Crippen molar-refractivity contribution in [1.29, 1.82) is 0 Å². The Morgan fingerprint density at radius 3 is 2.22 bits per heavy atom. The summed E-state index contributed by atoms with van der Waals surface area (Å²) in [5, 5.41) is 11.7. The molecule has 0 aliphatic heterocycles. The Labute approximate surface area is 106 Å². The van der Waals surface area contributed by atoms with E-state index in [2.05, 4.69) is 10.3 Å². The Morgan fingerprint density at radius 1 is 1.17 bits per heavy atom. The molecule has 1 rings (SSSR count). The van der Waals surface area contributed by atoms with Gasteiger partial charge in [0.15, 0.2) is 0 Å². The zero-order valence-corrected chi connectivity index (χ0v) is 10.8. The highest BCUT2D eigenvalue weighted by atomic mass is 16.4. The average Bonchev–Trinajstić information content (AvgIpc) is 2.37. The summed E-state index contributed by atoms with van der Waals surface area (Å²) in [6.07, 6.45) is 3.31. The minimum Gasteiger partial charge on any atom is -0.481 e. The van der Waals surface area contributed by atoms with Crippen molar-refractivity contribution in [2.75, 3.05) is 0 Å². The number of aromatic nitrogens is 1. The molecule has 18 heavy (non-hydrogen) atoms. The highest BCUT2D eigenvalue weighted by Crippen LogP contribution is 2.15. The van der Waals surface area contributed by atoms with E-state index >= 15 is 0 Å². The maximum Gasteiger partial charge on any atom is 0.307 e. The van der Waals surface area contributed by atoms with Gasteiger partial charge in [0.25, 0.3) is 0 Å². The summed E-state index contributed by atoms with van der Waals surface area (Å²) in [6.45, 7) is 5.00. The predicted octanol–water partition coefficient (Wildman–Crippen LogP) is 1.62. The molecular weight excluding hydrogens is 232 g/mol. The SMILES string of the molecule is CC(NC(=O)C(C)C(C)C(=O)O)c1ccncc1. The van der Waals surface area contributed by atoms with Crippen LogP contribution in [0.5, 0.6) is 0 Å². The summed E-state index contributed by atoms with van der Waals surface area (Å²) >= 11 is 0. The van der Waals surface area contributed by atoms with Crippen molar-refractivity contribution in [3.63, 3.8) is 0 Å². The van der Waals surface area contributed by atoms with Gasteiger partial charge in [0.1, 0.15) is 0 Å². The van der Waals surface area contributed by atoms with E-state index in [0.717, 1.165) is 5.56 Å². The minimum absolute atomic E-state index is 0.163. The first-order valence-electron chi connectivity index (χ1n) is 5.86. The molecule has 1 heterocycles. The molecular formula is C13H18N2O3. The Hall–Kier alpha value is -1.91. The van der Waals surface area contributed by atoms with Crippen LogP contribution in [0.1, 0.15) is 32.4 Å². The lowest BCUT2D eigenvalue weighted by molar-refractivity contribution is -0.146. The molecule has 0 aliphatic carbocycles. The van der Waals surface area contributed by atoms with Gasteiger partial charge in [-0.2, -0.15) is 0 Å². The Balaban J connectivity index is 2.62. The molecule has 0 aliphatic rings. The van der Waals surface area contributed by atoms with Gasteiger partial charge in [-0.3, -0.25) is 14.6 Å². The Kier molecular flexibility index (Phi) is 4.83. The van der Waals surface area contributed by atoms with Crippen LogP contribution in [-0.2, 0) is 9.59 Å². The largest absolute Gasteiger partial charge is 0.481 e. The van der Waals surface area contributed by atoms with Crippen LogP contribution in [0, 0.1) is 11.8 Å². The van der Waals surface area contributed by atoms with Crippen molar-refractivity contribution in [2.45, 2.75) is 26.8 Å². The highest BCUT2D eigenvalue weighted by molar-refractivity contribution is 5.84. The van der Waals surface area contributed by atoms with Gasteiger partial charge < -0.3 is 10.4 Å². The maximum atomic E-state index is 11.9. The van der Waals surface area contributed by atoms with E-state index in [0.29, 0.717) is 0 Å². The molecule has 2 N–H and O–H groups in total. The van der Waals surface area contributed by atoms with Gasteiger partial charge in [-0.1, -0.05) is 13.8 Å². The van der Waals surface area contributed by atoms with Crippen LogP contribution in [0.3, 0.4) is 0 Å². The second-order valence-electron chi connectivity index (χ2n) is 4.43. The van der Waals surface area contributed by atoms with Crippen molar-refractivity contribution in [2.24, 2.45) is 11.8 Å². The molecule has 98 valence electrons. The number of carbonyl (C=O) groups excluding carboxylic acids is 1. The van der Waals surface area contributed by atoms with Gasteiger partial charge >= 0.3 is 5.97 Å². The van der Waals surface area contributed by atoms with Crippen molar-refractivity contribution >= 4 is 11.9 Å². The molecule has 1 amide bonds. The lowest BCUT2D eigenvalue weighted by Crippen LogP contribution is -2.36. The molecule has 1 aromatic heterocycles. The lowest BCUT2D eigenvalue weighted by Gasteiger charge is -2.20. The number of carboxylic acid groups (broad SMARTS) is 1. The number of carbonyl (C=O) groups is 2. The van der Waals surface area contributed by atoms with E-state index in [1.165, 1.54) is 6.92 Å². The Morgan fingerprint density at radius 2 is 1.72 bits per heavy atom.